The Morgan fingerprint density at radius 2 is 1.90 bits per heavy atom. The van der Waals surface area contributed by atoms with Crippen molar-refractivity contribution in [2.45, 2.75) is 12.8 Å². The number of nitrogens with two attached hydrogens (primary N) is 1. The minimum absolute atomic E-state index is 0.0716. The first-order valence-corrected chi connectivity index (χ1v) is 7.59. The van der Waals surface area contributed by atoms with Gasteiger partial charge in [0.1, 0.15) is 0 Å². The number of hydrogen-bond donors (Lipinski definition) is 3. The van der Waals surface area contributed by atoms with E-state index in [-0.39, 0.29) is 36.6 Å². The molecule has 0 heterocycles. The summed E-state index contributed by atoms with van der Waals surface area (Å²) < 4.78 is 21.4. The van der Waals surface area contributed by atoms with Crippen molar-refractivity contribution >= 4 is 21.9 Å². The van der Waals surface area contributed by atoms with Crippen molar-refractivity contribution in [3.8, 4) is 0 Å². The van der Waals surface area contributed by atoms with Crippen LogP contribution in [0.15, 0.2) is 24.3 Å². The number of hydrogen-bond acceptors (Lipinski definition) is 4. The van der Waals surface area contributed by atoms with Crippen molar-refractivity contribution in [3.63, 3.8) is 0 Å². The summed E-state index contributed by atoms with van der Waals surface area (Å²) in [7, 11) is -3.53. The van der Waals surface area contributed by atoms with Gasteiger partial charge in [-0.25, -0.2) is 18.4 Å². The lowest BCUT2D eigenvalue weighted by Crippen LogP contribution is -2.29. The van der Waals surface area contributed by atoms with Gasteiger partial charge in [-0.3, -0.25) is 4.79 Å². The van der Waals surface area contributed by atoms with Crippen molar-refractivity contribution in [2.75, 3.05) is 12.3 Å². The van der Waals surface area contributed by atoms with Gasteiger partial charge in [0.25, 0.3) is 0 Å². The minimum atomic E-state index is -3.53. The molecule has 8 heteroatoms. The van der Waals surface area contributed by atoms with Crippen LogP contribution < -0.4 is 10.5 Å². The Bertz CT molecular complexity index is 598. The van der Waals surface area contributed by atoms with Crippen LogP contribution in [-0.2, 0) is 21.2 Å². The number of carboxylic acid groups (broad SMARTS) is 1. The number of carbonyl (C=O) groups excluding carboxylic acids is 1. The van der Waals surface area contributed by atoms with Gasteiger partial charge in [-0.15, -0.1) is 0 Å². The second-order valence-corrected chi connectivity index (χ2v) is 5.94. The van der Waals surface area contributed by atoms with Crippen LogP contribution in [0.4, 0.5) is 0 Å². The molecule has 110 valence electrons. The van der Waals surface area contributed by atoms with Crippen molar-refractivity contribution in [1.82, 2.24) is 5.32 Å². The van der Waals surface area contributed by atoms with Crippen LogP contribution >= 0.6 is 0 Å². The highest BCUT2D eigenvalue weighted by molar-refractivity contribution is 7.89. The van der Waals surface area contributed by atoms with Crippen LogP contribution in [0.25, 0.3) is 0 Å². The Balaban J connectivity index is 2.49. The van der Waals surface area contributed by atoms with Gasteiger partial charge in [0, 0.05) is 6.54 Å². The summed E-state index contributed by atoms with van der Waals surface area (Å²) in [5.74, 6) is -1.67. The smallest absolute Gasteiger partial charge is 0.335 e. The predicted molar refractivity (Wildman–Crippen MR) is 72.7 cm³/mol. The fourth-order valence-electron chi connectivity index (χ4n) is 1.62. The summed E-state index contributed by atoms with van der Waals surface area (Å²) in [6.45, 7) is 0.171. The molecule has 0 aliphatic heterocycles. The molecule has 0 saturated carbocycles. The fraction of sp³-hybridized carbons (Fsp3) is 0.333. The van der Waals surface area contributed by atoms with Gasteiger partial charge in [0.2, 0.25) is 15.9 Å². The number of primary sulfonamides is 1. The Kier molecular flexibility index (Phi) is 5.66. The molecule has 0 spiro atoms. The third-order valence-electron chi connectivity index (χ3n) is 2.53. The molecule has 0 fully saturated rings. The van der Waals surface area contributed by atoms with Crippen molar-refractivity contribution in [1.29, 1.82) is 0 Å². The van der Waals surface area contributed by atoms with Crippen LogP contribution in [0.2, 0.25) is 0 Å². The normalized spacial score (nSPS) is 11.1. The maximum Gasteiger partial charge on any atom is 0.335 e. The zero-order valence-corrected chi connectivity index (χ0v) is 11.5. The molecule has 0 bridgehead atoms. The second-order valence-electron chi connectivity index (χ2n) is 4.21. The van der Waals surface area contributed by atoms with E-state index in [1.165, 1.54) is 6.07 Å². The highest BCUT2D eigenvalue weighted by atomic mass is 32.2. The molecule has 0 aromatic heterocycles. The first kappa shape index (κ1) is 16.1. The number of carboxylic acids is 1. The molecule has 1 aromatic rings. The molecular weight excluding hydrogens is 284 g/mol. The lowest BCUT2D eigenvalue weighted by molar-refractivity contribution is -0.120. The van der Waals surface area contributed by atoms with Crippen molar-refractivity contribution < 1.29 is 23.1 Å². The molecule has 1 amide bonds. The molecular formula is C12H16N2O5S. The third-order valence-corrected chi connectivity index (χ3v) is 3.38. The standard InChI is InChI=1S/C12H16N2O5S/c13-20(18,19)7-3-6-14-11(15)8-9-4-1-2-5-10(9)12(16)17/h1-2,4-5H,3,6-8H2,(H,14,15)(H,16,17)(H2,13,18,19). The number of benzene rings is 1. The molecule has 0 aliphatic rings. The zero-order chi connectivity index (χ0) is 15.2. The quantitative estimate of drug-likeness (QED) is 0.597. The van der Waals surface area contributed by atoms with E-state index in [9.17, 15) is 18.0 Å². The van der Waals surface area contributed by atoms with Crippen LogP contribution in [0.3, 0.4) is 0 Å². The van der Waals surface area contributed by atoms with Gasteiger partial charge in [-0.2, -0.15) is 0 Å². The van der Waals surface area contributed by atoms with Crippen molar-refractivity contribution in [3.05, 3.63) is 35.4 Å². The second kappa shape index (κ2) is 7.01. The number of amides is 1. The average Bonchev–Trinajstić information content (AvgIpc) is 2.34. The van der Waals surface area contributed by atoms with Crippen molar-refractivity contribution in [2.24, 2.45) is 5.14 Å². The number of carbonyl (C=O) groups is 2. The molecule has 1 aromatic carbocycles. The van der Waals surface area contributed by atoms with E-state index < -0.39 is 16.0 Å². The predicted octanol–water partition coefficient (Wildman–Crippen LogP) is -0.278. The van der Waals surface area contributed by atoms with Crippen LogP contribution in [0.1, 0.15) is 22.3 Å². The van der Waals surface area contributed by atoms with E-state index in [1.807, 2.05) is 0 Å². The summed E-state index contributed by atoms with van der Waals surface area (Å²) in [6.07, 6.45) is 0.142. The van der Waals surface area contributed by atoms with Gasteiger partial charge >= 0.3 is 5.97 Å². The van der Waals surface area contributed by atoms with E-state index in [0.717, 1.165) is 0 Å². The number of rotatable bonds is 7. The molecule has 1 rings (SSSR count). The maximum absolute atomic E-state index is 11.6. The molecule has 0 saturated heterocycles. The summed E-state index contributed by atoms with van der Waals surface area (Å²) in [6, 6.07) is 6.21. The third kappa shape index (κ3) is 5.81. The molecule has 0 aliphatic carbocycles. The number of sulfonamides is 1. The van der Waals surface area contributed by atoms with Crippen LogP contribution in [0.5, 0.6) is 0 Å². The van der Waals surface area contributed by atoms with Gasteiger partial charge in [0.15, 0.2) is 0 Å². The first-order valence-electron chi connectivity index (χ1n) is 5.88. The lowest BCUT2D eigenvalue weighted by atomic mass is 10.0. The van der Waals surface area contributed by atoms with Gasteiger partial charge in [0.05, 0.1) is 17.7 Å². The Morgan fingerprint density at radius 3 is 2.50 bits per heavy atom. The molecule has 20 heavy (non-hydrogen) atoms. The molecule has 0 unspecified atom stereocenters. The average molecular weight is 300 g/mol. The Hall–Kier alpha value is -1.93. The minimum Gasteiger partial charge on any atom is -0.478 e. The lowest BCUT2D eigenvalue weighted by Gasteiger charge is -2.07. The van der Waals surface area contributed by atoms with E-state index in [2.05, 4.69) is 5.32 Å². The summed E-state index contributed by atoms with van der Waals surface area (Å²) in [5.41, 5.74) is 0.483. The SMILES string of the molecule is NS(=O)(=O)CCCNC(=O)Cc1ccccc1C(=O)O. The molecule has 4 N–H and O–H groups in total. The molecule has 0 radical (unpaired) electrons. The summed E-state index contributed by atoms with van der Waals surface area (Å²) in [5, 5.41) is 16.3. The van der Waals surface area contributed by atoms with E-state index in [1.54, 1.807) is 18.2 Å². The van der Waals surface area contributed by atoms with Gasteiger partial charge in [-0.1, -0.05) is 18.2 Å². The Morgan fingerprint density at radius 1 is 1.25 bits per heavy atom. The van der Waals surface area contributed by atoms with E-state index >= 15 is 0 Å². The molecule has 7 nitrogen and oxygen atoms in total. The first-order chi connectivity index (χ1) is 9.29. The summed E-state index contributed by atoms with van der Waals surface area (Å²) in [4.78, 5) is 22.6. The zero-order valence-electron chi connectivity index (χ0n) is 10.7. The fourth-order valence-corrected chi connectivity index (χ4v) is 2.17. The van der Waals surface area contributed by atoms with E-state index in [0.29, 0.717) is 5.56 Å². The van der Waals surface area contributed by atoms with E-state index in [4.69, 9.17) is 10.2 Å². The van der Waals surface area contributed by atoms with Gasteiger partial charge < -0.3 is 10.4 Å². The molecule has 0 atom stereocenters. The highest BCUT2D eigenvalue weighted by Crippen LogP contribution is 2.09. The van der Waals surface area contributed by atoms with Crippen LogP contribution in [-0.4, -0.2) is 37.7 Å². The maximum atomic E-state index is 11.6. The number of aromatic carboxylic acids is 1. The Labute approximate surface area is 116 Å². The number of nitrogens with one attached hydrogen (secondary N) is 1. The monoisotopic (exact) mass is 300 g/mol. The largest absolute Gasteiger partial charge is 0.478 e. The van der Waals surface area contributed by atoms with Gasteiger partial charge in [-0.05, 0) is 18.1 Å². The summed E-state index contributed by atoms with van der Waals surface area (Å²) >= 11 is 0. The van der Waals surface area contributed by atoms with Crippen LogP contribution in [0, 0.1) is 0 Å². The highest BCUT2D eigenvalue weighted by Gasteiger charge is 2.12. The topological polar surface area (TPSA) is 127 Å².